The Hall–Kier alpha value is -8.28. The van der Waals surface area contributed by atoms with Gasteiger partial charge in [0.05, 0.1) is 0 Å². The minimum atomic E-state index is -0.164. The lowest BCUT2D eigenvalue weighted by Gasteiger charge is -2.23. The predicted molar refractivity (Wildman–Crippen MR) is 306 cm³/mol. The summed E-state index contributed by atoms with van der Waals surface area (Å²) < 4.78 is 0. The van der Waals surface area contributed by atoms with Gasteiger partial charge in [-0.2, -0.15) is 0 Å². The molecule has 5 aromatic carbocycles. The summed E-state index contributed by atoms with van der Waals surface area (Å²) in [6, 6.07) is 26.8. The Labute approximate surface area is 461 Å². The van der Waals surface area contributed by atoms with Crippen LogP contribution < -0.4 is 0 Å². The molecular formula is C60H84N6O12. The van der Waals surface area contributed by atoms with Crippen LogP contribution in [0.25, 0.3) is 0 Å². The second-order valence-corrected chi connectivity index (χ2v) is 17.0. The summed E-state index contributed by atoms with van der Waals surface area (Å²) in [6.45, 7) is 29.8. The number of hydrogen-bond donors (Lipinski definition) is 6. The molecule has 0 fully saturated rings. The highest BCUT2D eigenvalue weighted by atomic mass is 16.3. The van der Waals surface area contributed by atoms with Crippen LogP contribution in [-0.2, 0) is 0 Å². The number of carbonyl (C=O) groups is 6. The third-order valence-electron chi connectivity index (χ3n) is 12.2. The molecule has 0 bridgehead atoms. The molecule has 426 valence electrons. The van der Waals surface area contributed by atoms with Gasteiger partial charge in [-0.25, -0.2) is 0 Å². The largest absolute Gasteiger partial charge is 0.508 e. The fraction of sp³-hybridized carbons (Fsp3) is 0.400. The molecule has 0 saturated heterocycles. The molecular weight excluding hydrogens is 997 g/mol. The highest BCUT2D eigenvalue weighted by Gasteiger charge is 2.24. The van der Waals surface area contributed by atoms with Gasteiger partial charge in [-0.1, -0.05) is 0 Å². The van der Waals surface area contributed by atoms with Gasteiger partial charge in [0, 0.05) is 112 Å². The maximum atomic E-state index is 12.9. The highest BCUT2D eigenvalue weighted by molar-refractivity contribution is 6.06. The number of hydrogen-bond acceptors (Lipinski definition) is 12. The summed E-state index contributed by atoms with van der Waals surface area (Å²) in [4.78, 5) is 87.2. The van der Waals surface area contributed by atoms with Crippen molar-refractivity contribution in [2.75, 3.05) is 78.5 Å². The predicted octanol–water partition coefficient (Wildman–Crippen LogP) is 9.56. The topological polar surface area (TPSA) is 243 Å². The molecule has 0 aromatic heterocycles. The Morgan fingerprint density at radius 1 is 0.231 bits per heavy atom. The van der Waals surface area contributed by atoms with E-state index in [4.69, 9.17) is 30.6 Å². The molecule has 0 heterocycles. The SMILES string of the molecule is CCN(CC)C(=O)c1cc(C(=O)N(CC)CC)cc(C(=O)N(CC)CC)c1.CCN(CC)C(=O)c1cc(C(=O)N(CC)CC)cc(C(=O)N(CC)CC)c1.Oc1ccc(O)cc1.Oc1ccc(O)cc1.Oc1ccc(O)cc1. The van der Waals surface area contributed by atoms with Crippen molar-refractivity contribution in [2.24, 2.45) is 0 Å². The number of phenolic OH excluding ortho intramolecular Hbond substituents is 6. The van der Waals surface area contributed by atoms with E-state index >= 15 is 0 Å². The first-order valence-electron chi connectivity index (χ1n) is 26.6. The van der Waals surface area contributed by atoms with E-state index in [1.54, 1.807) is 65.8 Å². The van der Waals surface area contributed by atoms with E-state index in [-0.39, 0.29) is 69.9 Å². The van der Waals surface area contributed by atoms with Crippen LogP contribution in [0.1, 0.15) is 145 Å². The van der Waals surface area contributed by atoms with Gasteiger partial charge in [-0.05, 0) is 192 Å². The third kappa shape index (κ3) is 21.8. The van der Waals surface area contributed by atoms with Gasteiger partial charge in [-0.3, -0.25) is 28.8 Å². The lowest BCUT2D eigenvalue weighted by Crippen LogP contribution is -2.34. The molecule has 0 radical (unpaired) electrons. The van der Waals surface area contributed by atoms with Crippen LogP contribution in [0.5, 0.6) is 34.5 Å². The van der Waals surface area contributed by atoms with Crippen LogP contribution in [0.15, 0.2) is 109 Å². The summed E-state index contributed by atoms with van der Waals surface area (Å²) >= 11 is 0. The van der Waals surface area contributed by atoms with Gasteiger partial charge < -0.3 is 60.0 Å². The molecule has 0 unspecified atom stereocenters. The maximum Gasteiger partial charge on any atom is 0.253 e. The maximum absolute atomic E-state index is 12.9. The Morgan fingerprint density at radius 3 is 0.397 bits per heavy atom. The zero-order valence-electron chi connectivity index (χ0n) is 47.7. The number of carbonyl (C=O) groups excluding carboxylic acids is 6. The van der Waals surface area contributed by atoms with Crippen LogP contribution >= 0.6 is 0 Å². The number of phenols is 6. The fourth-order valence-electron chi connectivity index (χ4n) is 7.51. The van der Waals surface area contributed by atoms with Crippen LogP contribution in [0.4, 0.5) is 0 Å². The first-order valence-corrected chi connectivity index (χ1v) is 26.6. The van der Waals surface area contributed by atoms with Crippen molar-refractivity contribution in [3.8, 4) is 34.5 Å². The Balaban J connectivity index is 0.000000547. The first kappa shape index (κ1) is 67.7. The number of aromatic hydroxyl groups is 6. The molecule has 0 spiro atoms. The van der Waals surface area contributed by atoms with E-state index in [0.29, 0.717) is 112 Å². The van der Waals surface area contributed by atoms with Crippen LogP contribution in [0, 0.1) is 0 Å². The summed E-state index contributed by atoms with van der Waals surface area (Å²) in [5.41, 5.74) is 2.29. The van der Waals surface area contributed by atoms with Gasteiger partial charge in [0.25, 0.3) is 35.4 Å². The summed E-state index contributed by atoms with van der Waals surface area (Å²) in [5, 5.41) is 51.9. The summed E-state index contributed by atoms with van der Waals surface area (Å²) in [5.74, 6) is 0.0311. The lowest BCUT2D eigenvalue weighted by molar-refractivity contribution is 0.0747. The Kier molecular flexibility index (Phi) is 31.2. The van der Waals surface area contributed by atoms with Crippen molar-refractivity contribution >= 4 is 35.4 Å². The lowest BCUT2D eigenvalue weighted by atomic mass is 10.0. The smallest absolute Gasteiger partial charge is 0.253 e. The van der Waals surface area contributed by atoms with Gasteiger partial charge in [0.1, 0.15) is 34.5 Å². The number of benzene rings is 5. The zero-order valence-corrected chi connectivity index (χ0v) is 47.7. The normalized spacial score (nSPS) is 10.0. The minimum Gasteiger partial charge on any atom is -0.508 e. The van der Waals surface area contributed by atoms with Crippen LogP contribution in [-0.4, -0.2) is 174 Å². The van der Waals surface area contributed by atoms with Crippen molar-refractivity contribution in [3.05, 3.63) is 143 Å². The molecule has 78 heavy (non-hydrogen) atoms. The first-order chi connectivity index (χ1) is 37.1. The molecule has 5 aromatic rings. The van der Waals surface area contributed by atoms with E-state index in [0.717, 1.165) is 0 Å². The summed E-state index contributed by atoms with van der Waals surface area (Å²) in [7, 11) is 0. The standard InChI is InChI=1S/2C21H33N3O3.3C6H6O2/c2*1-7-22(8-2)19(25)16-13-17(20(26)23(9-3)10-4)15-18(14-16)21(27)24(11-5)12-6;3*7-5-1-2-6(8)4-3-5/h2*13-15H,7-12H2,1-6H3;3*1-4,7-8H. The second-order valence-electron chi connectivity index (χ2n) is 17.0. The molecule has 0 saturated carbocycles. The molecule has 18 heteroatoms. The van der Waals surface area contributed by atoms with Crippen molar-refractivity contribution < 1.29 is 59.4 Å². The van der Waals surface area contributed by atoms with Crippen molar-refractivity contribution in [1.82, 2.24) is 29.4 Å². The van der Waals surface area contributed by atoms with Gasteiger partial charge in [0.2, 0.25) is 0 Å². The molecule has 0 atom stereocenters. The van der Waals surface area contributed by atoms with Crippen LogP contribution in [0.2, 0.25) is 0 Å². The van der Waals surface area contributed by atoms with Crippen molar-refractivity contribution in [3.63, 3.8) is 0 Å². The molecule has 6 amide bonds. The average Bonchev–Trinajstić information content (AvgIpc) is 3.45. The molecule has 0 aliphatic carbocycles. The monoisotopic (exact) mass is 1080 g/mol. The van der Waals surface area contributed by atoms with Crippen molar-refractivity contribution in [2.45, 2.75) is 83.1 Å². The number of rotatable bonds is 18. The van der Waals surface area contributed by atoms with E-state index in [1.165, 1.54) is 72.8 Å². The third-order valence-corrected chi connectivity index (χ3v) is 12.2. The molecule has 6 N–H and O–H groups in total. The van der Waals surface area contributed by atoms with Gasteiger partial charge >= 0.3 is 0 Å². The zero-order chi connectivity index (χ0) is 59.1. The van der Waals surface area contributed by atoms with Gasteiger partial charge in [0.15, 0.2) is 0 Å². The van der Waals surface area contributed by atoms with E-state index in [2.05, 4.69) is 0 Å². The van der Waals surface area contributed by atoms with Gasteiger partial charge in [-0.15, -0.1) is 0 Å². The van der Waals surface area contributed by atoms with Crippen molar-refractivity contribution in [1.29, 1.82) is 0 Å². The molecule has 0 aliphatic heterocycles. The quantitative estimate of drug-likeness (QED) is 0.0450. The average molecular weight is 1080 g/mol. The Bertz CT molecular complexity index is 2120. The highest BCUT2D eigenvalue weighted by Crippen LogP contribution is 2.20. The second kappa shape index (κ2) is 35.9. The van der Waals surface area contributed by atoms with E-state index in [1.807, 2.05) is 83.1 Å². The number of nitrogens with zero attached hydrogens (tertiary/aromatic N) is 6. The number of amides is 6. The van der Waals surface area contributed by atoms with Crippen LogP contribution in [0.3, 0.4) is 0 Å². The van der Waals surface area contributed by atoms with E-state index in [9.17, 15) is 28.8 Å². The Morgan fingerprint density at radius 2 is 0.321 bits per heavy atom. The fourth-order valence-corrected chi connectivity index (χ4v) is 7.51. The molecule has 5 rings (SSSR count). The molecule has 18 nitrogen and oxygen atoms in total. The summed E-state index contributed by atoms with van der Waals surface area (Å²) in [6.07, 6.45) is 0. The minimum absolute atomic E-state index is 0.164. The van der Waals surface area contributed by atoms with E-state index < -0.39 is 0 Å². The molecule has 0 aliphatic rings.